The molecule has 7 nitrogen and oxygen atoms in total. The zero-order chi connectivity index (χ0) is 14.5. The van der Waals surface area contributed by atoms with Crippen molar-refractivity contribution in [1.29, 1.82) is 0 Å². The van der Waals surface area contributed by atoms with Crippen LogP contribution in [-0.2, 0) is 4.79 Å². The maximum absolute atomic E-state index is 11.5. The van der Waals surface area contributed by atoms with Crippen LogP contribution in [0.25, 0.3) is 0 Å². The summed E-state index contributed by atoms with van der Waals surface area (Å²) in [7, 11) is 0. The Balaban J connectivity index is 1.83. The lowest BCUT2D eigenvalue weighted by Gasteiger charge is -2.00. The number of aromatic carboxylic acids is 1. The van der Waals surface area contributed by atoms with E-state index in [1.165, 1.54) is 30.5 Å². The number of carboxylic acids is 1. The molecule has 2 rings (SSSR count). The second-order valence-electron chi connectivity index (χ2n) is 3.57. The number of nitrogens with one attached hydrogen (secondary N) is 1. The lowest BCUT2D eigenvalue weighted by molar-refractivity contribution is -0.117. The van der Waals surface area contributed by atoms with Gasteiger partial charge in [-0.3, -0.25) is 14.9 Å². The van der Waals surface area contributed by atoms with E-state index in [9.17, 15) is 14.4 Å². The Morgan fingerprint density at radius 3 is 2.60 bits per heavy atom. The average molecular weight is 295 g/mol. The largest absolute Gasteiger partial charge is 0.475 e. The zero-order valence-electron chi connectivity index (χ0n) is 9.99. The molecule has 0 unspecified atom stereocenters. The van der Waals surface area contributed by atoms with Gasteiger partial charge in [0, 0.05) is 0 Å². The van der Waals surface area contributed by atoms with E-state index >= 15 is 0 Å². The first-order chi connectivity index (χ1) is 9.56. The van der Waals surface area contributed by atoms with Crippen LogP contribution in [0, 0.1) is 0 Å². The van der Waals surface area contributed by atoms with Gasteiger partial charge in [0.25, 0.3) is 5.91 Å². The third-order valence-corrected chi connectivity index (χ3v) is 3.05. The standard InChI is InChI=1S/C12H9NO6S/c14-9(13-11(15)7-2-1-5-18-7)6-20-10-4-3-8(19-10)12(16)17/h1-5H,6H2,(H,16,17)(H,13,14,15). The molecule has 104 valence electrons. The normalized spacial score (nSPS) is 10.2. The number of thioether (sulfide) groups is 1. The number of carbonyl (C=O) groups is 3. The molecule has 8 heteroatoms. The summed E-state index contributed by atoms with van der Waals surface area (Å²) in [5, 5.41) is 11.1. The van der Waals surface area contributed by atoms with Crippen molar-refractivity contribution in [2.45, 2.75) is 5.09 Å². The maximum Gasteiger partial charge on any atom is 0.371 e. The Morgan fingerprint density at radius 2 is 2.00 bits per heavy atom. The van der Waals surface area contributed by atoms with Gasteiger partial charge in [-0.2, -0.15) is 0 Å². The molecule has 0 fully saturated rings. The molecule has 2 aromatic rings. The summed E-state index contributed by atoms with van der Waals surface area (Å²) in [6.07, 6.45) is 1.32. The molecular weight excluding hydrogens is 286 g/mol. The number of imide groups is 1. The summed E-state index contributed by atoms with van der Waals surface area (Å²) in [6.45, 7) is 0. The molecule has 0 saturated carbocycles. The second kappa shape index (κ2) is 6.11. The highest BCUT2D eigenvalue weighted by atomic mass is 32.2. The van der Waals surface area contributed by atoms with Crippen LogP contribution in [0.1, 0.15) is 21.1 Å². The summed E-state index contributed by atoms with van der Waals surface area (Å²) < 4.78 is 9.79. The minimum atomic E-state index is -1.19. The average Bonchev–Trinajstić information content (AvgIpc) is 3.07. The maximum atomic E-state index is 11.5. The fraction of sp³-hybridized carbons (Fsp3) is 0.0833. The van der Waals surface area contributed by atoms with Crippen LogP contribution >= 0.6 is 11.8 Å². The number of hydrogen-bond acceptors (Lipinski definition) is 6. The first-order valence-corrected chi connectivity index (χ1v) is 6.38. The van der Waals surface area contributed by atoms with Crippen LogP contribution in [0.2, 0.25) is 0 Å². The topological polar surface area (TPSA) is 110 Å². The molecule has 2 N–H and O–H groups in total. The number of rotatable bonds is 5. The Kier molecular flexibility index (Phi) is 4.26. The Labute approximate surface area is 116 Å². The van der Waals surface area contributed by atoms with Gasteiger partial charge in [-0.25, -0.2) is 4.79 Å². The van der Waals surface area contributed by atoms with E-state index in [2.05, 4.69) is 5.32 Å². The SMILES string of the molecule is O=C(CSc1ccc(C(=O)O)o1)NC(=O)c1ccco1. The lowest BCUT2D eigenvalue weighted by atomic mass is 10.4. The van der Waals surface area contributed by atoms with Gasteiger partial charge in [0.2, 0.25) is 11.7 Å². The van der Waals surface area contributed by atoms with Gasteiger partial charge in [-0.1, -0.05) is 11.8 Å². The highest BCUT2D eigenvalue weighted by molar-refractivity contribution is 7.99. The molecule has 0 bridgehead atoms. The molecule has 2 amide bonds. The fourth-order valence-corrected chi connectivity index (χ4v) is 1.94. The molecule has 2 aromatic heterocycles. The van der Waals surface area contributed by atoms with Gasteiger partial charge in [-0.05, 0) is 24.3 Å². The molecule has 20 heavy (non-hydrogen) atoms. The molecule has 0 aromatic carbocycles. The van der Waals surface area contributed by atoms with E-state index in [1.807, 2.05) is 0 Å². The molecule has 0 aliphatic rings. The van der Waals surface area contributed by atoms with E-state index in [4.69, 9.17) is 13.9 Å². The number of furan rings is 2. The summed E-state index contributed by atoms with van der Waals surface area (Å²) in [4.78, 5) is 33.6. The molecular formula is C12H9NO6S. The van der Waals surface area contributed by atoms with Crippen molar-refractivity contribution in [3.8, 4) is 0 Å². The van der Waals surface area contributed by atoms with Crippen molar-refractivity contribution >= 4 is 29.5 Å². The van der Waals surface area contributed by atoms with E-state index in [0.29, 0.717) is 0 Å². The number of amides is 2. The van der Waals surface area contributed by atoms with Crippen molar-refractivity contribution in [2.24, 2.45) is 0 Å². The van der Waals surface area contributed by atoms with Crippen molar-refractivity contribution < 1.29 is 28.3 Å². The van der Waals surface area contributed by atoms with Crippen molar-refractivity contribution in [1.82, 2.24) is 5.32 Å². The molecule has 0 radical (unpaired) electrons. The third-order valence-electron chi connectivity index (χ3n) is 2.14. The summed E-state index contributed by atoms with van der Waals surface area (Å²) >= 11 is 0.981. The van der Waals surface area contributed by atoms with Crippen LogP contribution < -0.4 is 5.32 Å². The fourth-order valence-electron chi connectivity index (χ4n) is 1.28. The van der Waals surface area contributed by atoms with Crippen molar-refractivity contribution in [2.75, 3.05) is 5.75 Å². The van der Waals surface area contributed by atoms with Gasteiger partial charge in [0.15, 0.2) is 10.9 Å². The van der Waals surface area contributed by atoms with E-state index < -0.39 is 17.8 Å². The number of carboxylic acid groups (broad SMARTS) is 1. The Hall–Kier alpha value is -2.48. The van der Waals surface area contributed by atoms with E-state index in [-0.39, 0.29) is 22.4 Å². The molecule has 0 spiro atoms. The van der Waals surface area contributed by atoms with E-state index in [0.717, 1.165) is 11.8 Å². The molecule has 0 aliphatic carbocycles. The number of carbonyl (C=O) groups excluding carboxylic acids is 2. The smallest absolute Gasteiger partial charge is 0.371 e. The van der Waals surface area contributed by atoms with Crippen LogP contribution in [-0.4, -0.2) is 28.6 Å². The van der Waals surface area contributed by atoms with E-state index in [1.54, 1.807) is 0 Å². The highest BCUT2D eigenvalue weighted by Crippen LogP contribution is 2.20. The zero-order valence-corrected chi connectivity index (χ0v) is 10.8. The molecule has 2 heterocycles. The minimum absolute atomic E-state index is 0.0366. The predicted octanol–water partition coefficient (Wildman–Crippen LogP) is 1.62. The quantitative estimate of drug-likeness (QED) is 0.806. The minimum Gasteiger partial charge on any atom is -0.475 e. The van der Waals surface area contributed by atoms with Gasteiger partial charge in [0.1, 0.15) is 0 Å². The highest BCUT2D eigenvalue weighted by Gasteiger charge is 2.14. The lowest BCUT2D eigenvalue weighted by Crippen LogP contribution is -2.31. The van der Waals surface area contributed by atoms with Crippen LogP contribution in [0.5, 0.6) is 0 Å². The van der Waals surface area contributed by atoms with Gasteiger partial charge in [0.05, 0.1) is 12.0 Å². The molecule has 0 aliphatic heterocycles. The van der Waals surface area contributed by atoms with Crippen LogP contribution in [0.15, 0.2) is 44.5 Å². The summed E-state index contributed by atoms with van der Waals surface area (Å²) in [5.41, 5.74) is 0. The monoisotopic (exact) mass is 295 g/mol. The second-order valence-corrected chi connectivity index (χ2v) is 4.55. The van der Waals surface area contributed by atoms with Crippen molar-refractivity contribution in [3.05, 3.63) is 42.0 Å². The summed E-state index contributed by atoms with van der Waals surface area (Å²) in [6, 6.07) is 5.69. The molecule has 0 saturated heterocycles. The van der Waals surface area contributed by atoms with Gasteiger partial charge >= 0.3 is 5.97 Å². The first kappa shape index (κ1) is 13.9. The van der Waals surface area contributed by atoms with Crippen LogP contribution in [0.4, 0.5) is 0 Å². The number of hydrogen-bond donors (Lipinski definition) is 2. The predicted molar refractivity (Wildman–Crippen MR) is 67.6 cm³/mol. The first-order valence-electron chi connectivity index (χ1n) is 5.40. The molecule has 0 atom stereocenters. The van der Waals surface area contributed by atoms with Crippen molar-refractivity contribution in [3.63, 3.8) is 0 Å². The van der Waals surface area contributed by atoms with Gasteiger partial charge < -0.3 is 13.9 Å². The summed E-state index contributed by atoms with van der Waals surface area (Å²) in [5.74, 6) is -2.61. The Bertz CT molecular complexity index is 630. The van der Waals surface area contributed by atoms with Gasteiger partial charge in [-0.15, -0.1) is 0 Å². The third kappa shape index (κ3) is 3.51. The Morgan fingerprint density at radius 1 is 1.20 bits per heavy atom. The van der Waals surface area contributed by atoms with Crippen LogP contribution in [0.3, 0.4) is 0 Å².